The van der Waals surface area contributed by atoms with Gasteiger partial charge in [0.1, 0.15) is 5.75 Å². The molecule has 1 aromatic carbocycles. The second kappa shape index (κ2) is 5.19. The van der Waals surface area contributed by atoms with Crippen LogP contribution in [0.2, 0.25) is 0 Å². The predicted octanol–water partition coefficient (Wildman–Crippen LogP) is 2.41. The standard InChI is InChI=1S/C13H15N3O3S2/c1-19-12-6-9(4-5-10(12)14)21(17,18)16-13-15-11(7-20-13)8-2-3-8/h4-8H,2-3,14H2,1H3,(H,15,16). The van der Waals surface area contributed by atoms with Crippen LogP contribution in [0.1, 0.15) is 24.5 Å². The molecule has 0 amide bonds. The highest BCUT2D eigenvalue weighted by atomic mass is 32.2. The van der Waals surface area contributed by atoms with Crippen molar-refractivity contribution >= 4 is 32.2 Å². The smallest absolute Gasteiger partial charge is 0.263 e. The van der Waals surface area contributed by atoms with Gasteiger partial charge in [0.2, 0.25) is 0 Å². The van der Waals surface area contributed by atoms with E-state index in [9.17, 15) is 8.42 Å². The van der Waals surface area contributed by atoms with Crippen LogP contribution in [-0.2, 0) is 10.0 Å². The number of aromatic nitrogens is 1. The summed E-state index contributed by atoms with van der Waals surface area (Å²) < 4.78 is 32.2. The lowest BCUT2D eigenvalue weighted by molar-refractivity contribution is 0.415. The van der Waals surface area contributed by atoms with Gasteiger partial charge in [-0.25, -0.2) is 13.4 Å². The fraction of sp³-hybridized carbons (Fsp3) is 0.308. The van der Waals surface area contributed by atoms with Crippen molar-refractivity contribution in [3.63, 3.8) is 0 Å². The van der Waals surface area contributed by atoms with E-state index in [1.54, 1.807) is 0 Å². The third-order valence-corrected chi connectivity index (χ3v) is 5.50. The molecule has 2 aromatic rings. The number of hydrogen-bond donors (Lipinski definition) is 2. The van der Waals surface area contributed by atoms with Gasteiger partial charge in [0.25, 0.3) is 10.0 Å². The number of thiazole rings is 1. The molecule has 3 rings (SSSR count). The van der Waals surface area contributed by atoms with Crippen LogP contribution in [0.25, 0.3) is 0 Å². The highest BCUT2D eigenvalue weighted by Gasteiger charge is 2.27. The van der Waals surface area contributed by atoms with Crippen LogP contribution in [-0.4, -0.2) is 20.5 Å². The fourth-order valence-corrected chi connectivity index (χ4v) is 3.99. The summed E-state index contributed by atoms with van der Waals surface area (Å²) in [5, 5.41) is 2.28. The third kappa shape index (κ3) is 2.96. The molecule has 0 saturated heterocycles. The van der Waals surface area contributed by atoms with E-state index in [0.717, 1.165) is 18.5 Å². The Morgan fingerprint density at radius 2 is 2.19 bits per heavy atom. The van der Waals surface area contributed by atoms with Gasteiger partial charge in [0.15, 0.2) is 5.13 Å². The Bertz CT molecular complexity index is 767. The van der Waals surface area contributed by atoms with E-state index in [1.807, 2.05) is 5.38 Å². The number of nitrogens with two attached hydrogens (primary N) is 1. The largest absolute Gasteiger partial charge is 0.495 e. The van der Waals surface area contributed by atoms with Crippen molar-refractivity contribution < 1.29 is 13.2 Å². The molecule has 112 valence electrons. The molecule has 1 aliphatic rings. The second-order valence-corrected chi connectivity index (χ2v) is 7.40. The van der Waals surface area contributed by atoms with Crippen molar-refractivity contribution in [2.75, 3.05) is 17.6 Å². The minimum absolute atomic E-state index is 0.0942. The van der Waals surface area contributed by atoms with Crippen molar-refractivity contribution in [3.05, 3.63) is 29.3 Å². The Balaban J connectivity index is 1.85. The van der Waals surface area contributed by atoms with Crippen molar-refractivity contribution in [1.82, 2.24) is 4.98 Å². The number of ether oxygens (including phenoxy) is 1. The molecule has 1 aromatic heterocycles. The molecule has 21 heavy (non-hydrogen) atoms. The fourth-order valence-electron chi connectivity index (χ4n) is 1.93. The molecular formula is C13H15N3O3S2. The highest BCUT2D eigenvalue weighted by Crippen LogP contribution is 2.41. The van der Waals surface area contributed by atoms with Crippen LogP contribution >= 0.6 is 11.3 Å². The summed E-state index contributed by atoms with van der Waals surface area (Å²) in [6.07, 6.45) is 2.26. The summed E-state index contributed by atoms with van der Waals surface area (Å²) in [6.45, 7) is 0. The van der Waals surface area contributed by atoms with Gasteiger partial charge in [-0.1, -0.05) is 0 Å². The zero-order valence-corrected chi connectivity index (χ0v) is 13.0. The first-order valence-electron chi connectivity index (χ1n) is 6.41. The Morgan fingerprint density at radius 3 is 2.86 bits per heavy atom. The molecule has 0 unspecified atom stereocenters. The Labute approximate surface area is 127 Å². The molecule has 8 heteroatoms. The summed E-state index contributed by atoms with van der Waals surface area (Å²) in [4.78, 5) is 4.41. The maximum Gasteiger partial charge on any atom is 0.263 e. The monoisotopic (exact) mass is 325 g/mol. The first-order chi connectivity index (χ1) is 9.99. The van der Waals surface area contributed by atoms with Crippen LogP contribution in [0.15, 0.2) is 28.5 Å². The van der Waals surface area contributed by atoms with Gasteiger partial charge < -0.3 is 10.5 Å². The molecule has 1 heterocycles. The summed E-state index contributed by atoms with van der Waals surface area (Å²) in [5.74, 6) is 0.826. The zero-order valence-electron chi connectivity index (χ0n) is 11.4. The average molecular weight is 325 g/mol. The quantitative estimate of drug-likeness (QED) is 0.823. The summed E-state index contributed by atoms with van der Waals surface area (Å²) in [6, 6.07) is 4.34. The number of anilines is 2. The van der Waals surface area contributed by atoms with E-state index in [4.69, 9.17) is 10.5 Å². The van der Waals surface area contributed by atoms with Crippen LogP contribution in [0.5, 0.6) is 5.75 Å². The number of nitrogens with one attached hydrogen (secondary N) is 1. The topological polar surface area (TPSA) is 94.3 Å². The van der Waals surface area contributed by atoms with E-state index in [-0.39, 0.29) is 4.90 Å². The normalized spacial score (nSPS) is 14.9. The summed E-state index contributed by atoms with van der Waals surface area (Å²) in [7, 11) is -2.25. The highest BCUT2D eigenvalue weighted by molar-refractivity contribution is 7.93. The van der Waals surface area contributed by atoms with Gasteiger partial charge in [-0.15, -0.1) is 11.3 Å². The molecule has 0 aliphatic heterocycles. The first kappa shape index (κ1) is 14.2. The van der Waals surface area contributed by atoms with E-state index in [2.05, 4.69) is 9.71 Å². The van der Waals surface area contributed by atoms with E-state index < -0.39 is 10.0 Å². The minimum Gasteiger partial charge on any atom is -0.495 e. The SMILES string of the molecule is COc1cc(S(=O)(=O)Nc2nc(C3CC3)cs2)ccc1N. The van der Waals surface area contributed by atoms with Gasteiger partial charge in [0.05, 0.1) is 23.4 Å². The van der Waals surface area contributed by atoms with Gasteiger partial charge in [-0.05, 0) is 25.0 Å². The lowest BCUT2D eigenvalue weighted by Crippen LogP contribution is -2.13. The predicted molar refractivity (Wildman–Crippen MR) is 82.3 cm³/mol. The van der Waals surface area contributed by atoms with Crippen molar-refractivity contribution in [2.24, 2.45) is 0 Å². The van der Waals surface area contributed by atoms with E-state index >= 15 is 0 Å². The number of rotatable bonds is 5. The first-order valence-corrected chi connectivity index (χ1v) is 8.77. The van der Waals surface area contributed by atoms with Crippen molar-refractivity contribution in [1.29, 1.82) is 0 Å². The molecule has 0 spiro atoms. The number of hydrogen-bond acceptors (Lipinski definition) is 6. The van der Waals surface area contributed by atoms with Crippen molar-refractivity contribution in [2.45, 2.75) is 23.7 Å². The number of nitrogen functional groups attached to an aromatic ring is 1. The summed E-state index contributed by atoms with van der Waals surface area (Å²) >= 11 is 1.30. The van der Waals surface area contributed by atoms with Crippen molar-refractivity contribution in [3.8, 4) is 5.75 Å². The maximum atomic E-state index is 12.3. The van der Waals surface area contributed by atoms with Crippen LogP contribution in [0.3, 0.4) is 0 Å². The number of benzene rings is 1. The Kier molecular flexibility index (Phi) is 3.50. The van der Waals surface area contributed by atoms with Gasteiger partial charge in [-0.2, -0.15) is 0 Å². The molecule has 1 saturated carbocycles. The third-order valence-electron chi connectivity index (χ3n) is 3.25. The van der Waals surface area contributed by atoms with Crippen LogP contribution in [0, 0.1) is 0 Å². The molecule has 1 fully saturated rings. The van der Waals surface area contributed by atoms with E-state index in [1.165, 1.54) is 36.6 Å². The molecule has 0 bridgehead atoms. The van der Waals surface area contributed by atoms with Gasteiger partial charge in [-0.3, -0.25) is 4.72 Å². The average Bonchev–Trinajstić information content (AvgIpc) is 3.20. The molecular weight excluding hydrogens is 310 g/mol. The zero-order chi connectivity index (χ0) is 15.0. The lowest BCUT2D eigenvalue weighted by Gasteiger charge is -2.08. The molecule has 0 atom stereocenters. The number of methoxy groups -OCH3 is 1. The minimum atomic E-state index is -3.69. The number of nitrogens with zero attached hydrogens (tertiary/aromatic N) is 1. The van der Waals surface area contributed by atoms with Gasteiger partial charge >= 0.3 is 0 Å². The second-order valence-electron chi connectivity index (χ2n) is 4.86. The van der Waals surface area contributed by atoms with Crippen LogP contribution in [0.4, 0.5) is 10.8 Å². The molecule has 6 nitrogen and oxygen atoms in total. The Hall–Kier alpha value is -1.80. The van der Waals surface area contributed by atoms with E-state index in [0.29, 0.717) is 22.5 Å². The lowest BCUT2D eigenvalue weighted by atomic mass is 10.3. The number of sulfonamides is 1. The Morgan fingerprint density at radius 1 is 1.43 bits per heavy atom. The maximum absolute atomic E-state index is 12.3. The molecule has 0 radical (unpaired) electrons. The van der Waals surface area contributed by atoms with Crippen LogP contribution < -0.4 is 15.2 Å². The van der Waals surface area contributed by atoms with Gasteiger partial charge in [0, 0.05) is 17.4 Å². The molecule has 3 N–H and O–H groups in total. The summed E-state index contributed by atoms with van der Waals surface area (Å²) in [5.41, 5.74) is 7.04. The molecule has 1 aliphatic carbocycles.